The second-order valence-corrected chi connectivity index (χ2v) is 5.65. The molecule has 1 atom stereocenters. The van der Waals surface area contributed by atoms with Gasteiger partial charge in [-0.1, -0.05) is 18.2 Å². The third-order valence-corrected chi connectivity index (χ3v) is 3.50. The predicted octanol–water partition coefficient (Wildman–Crippen LogP) is -0.427. The molecule has 0 bridgehead atoms. The molecule has 0 fully saturated rings. The third-order valence-electron chi connectivity index (χ3n) is 3.50. The Labute approximate surface area is 138 Å². The second-order valence-electron chi connectivity index (χ2n) is 5.65. The summed E-state index contributed by atoms with van der Waals surface area (Å²) in [6, 6.07) is 6.85. The molecule has 0 aliphatic carbocycles. The Kier molecular flexibility index (Phi) is 6.60. The van der Waals surface area contributed by atoms with Crippen molar-refractivity contribution in [2.24, 2.45) is 5.41 Å². The van der Waals surface area contributed by atoms with Gasteiger partial charge in [-0.25, -0.2) is 0 Å². The van der Waals surface area contributed by atoms with Gasteiger partial charge in [0.25, 0.3) is 5.91 Å². The average molecular weight is 336 g/mol. The number of carbonyl (C=O) groups is 4. The van der Waals surface area contributed by atoms with E-state index in [2.05, 4.69) is 10.6 Å². The standard InChI is InChI=1S/C16H20N2O6/c1-16(2,15(23)24)12(20)8-17-14(22)11(9-19)18-13(21)10-6-4-3-5-7-10/h3-7,11,19H,8-9H2,1-2H3,(H,17,22)(H,18,21)(H,23,24). The molecule has 2 amide bonds. The molecule has 0 aromatic heterocycles. The van der Waals surface area contributed by atoms with E-state index in [0.29, 0.717) is 5.56 Å². The van der Waals surface area contributed by atoms with Crippen LogP contribution in [0.1, 0.15) is 24.2 Å². The summed E-state index contributed by atoms with van der Waals surface area (Å²) in [6.07, 6.45) is 0. The number of benzene rings is 1. The van der Waals surface area contributed by atoms with Crippen LogP contribution in [0.3, 0.4) is 0 Å². The van der Waals surface area contributed by atoms with E-state index in [1.54, 1.807) is 30.3 Å². The molecule has 1 aromatic rings. The van der Waals surface area contributed by atoms with Gasteiger partial charge in [0.15, 0.2) is 5.78 Å². The maximum absolute atomic E-state index is 12.0. The van der Waals surface area contributed by atoms with Crippen molar-refractivity contribution in [1.29, 1.82) is 0 Å². The van der Waals surface area contributed by atoms with E-state index >= 15 is 0 Å². The molecule has 1 unspecified atom stereocenters. The number of carboxylic acid groups (broad SMARTS) is 1. The van der Waals surface area contributed by atoms with E-state index in [9.17, 15) is 24.3 Å². The van der Waals surface area contributed by atoms with E-state index < -0.39 is 48.2 Å². The molecule has 1 rings (SSSR count). The first kappa shape index (κ1) is 19.3. The van der Waals surface area contributed by atoms with Gasteiger partial charge < -0.3 is 20.8 Å². The smallest absolute Gasteiger partial charge is 0.316 e. The van der Waals surface area contributed by atoms with Gasteiger partial charge in [-0.3, -0.25) is 19.2 Å². The number of amides is 2. The van der Waals surface area contributed by atoms with Crippen molar-refractivity contribution >= 4 is 23.6 Å². The van der Waals surface area contributed by atoms with Crippen LogP contribution in [0.25, 0.3) is 0 Å². The van der Waals surface area contributed by atoms with Gasteiger partial charge in [0.05, 0.1) is 13.2 Å². The summed E-state index contributed by atoms with van der Waals surface area (Å²) in [5.74, 6) is -3.34. The minimum Gasteiger partial charge on any atom is -0.481 e. The number of hydrogen-bond acceptors (Lipinski definition) is 5. The summed E-state index contributed by atoms with van der Waals surface area (Å²) in [4.78, 5) is 46.7. The van der Waals surface area contributed by atoms with Gasteiger partial charge in [-0.15, -0.1) is 0 Å². The van der Waals surface area contributed by atoms with Crippen LogP contribution in [0.5, 0.6) is 0 Å². The molecule has 0 heterocycles. The normalized spacial score (nSPS) is 12.1. The predicted molar refractivity (Wildman–Crippen MR) is 84.2 cm³/mol. The van der Waals surface area contributed by atoms with E-state index in [-0.39, 0.29) is 0 Å². The largest absolute Gasteiger partial charge is 0.481 e. The summed E-state index contributed by atoms with van der Waals surface area (Å²) < 4.78 is 0. The monoisotopic (exact) mass is 336 g/mol. The fourth-order valence-electron chi connectivity index (χ4n) is 1.66. The molecule has 0 saturated heterocycles. The minimum absolute atomic E-state index is 0.312. The molecule has 1 aromatic carbocycles. The highest BCUT2D eigenvalue weighted by molar-refractivity contribution is 6.04. The highest BCUT2D eigenvalue weighted by Crippen LogP contribution is 2.15. The molecule has 0 saturated carbocycles. The number of aliphatic hydroxyl groups is 1. The summed E-state index contributed by atoms with van der Waals surface area (Å²) in [6.45, 7) is 1.27. The Hall–Kier alpha value is -2.74. The zero-order chi connectivity index (χ0) is 18.3. The first-order valence-electron chi connectivity index (χ1n) is 7.21. The lowest BCUT2D eigenvalue weighted by molar-refractivity contribution is -0.152. The van der Waals surface area contributed by atoms with Gasteiger partial charge in [0.2, 0.25) is 5.91 Å². The van der Waals surface area contributed by atoms with Crippen LogP contribution < -0.4 is 10.6 Å². The van der Waals surface area contributed by atoms with Gasteiger partial charge in [-0.2, -0.15) is 0 Å². The molecule has 0 aliphatic heterocycles. The van der Waals surface area contributed by atoms with Gasteiger partial charge in [0, 0.05) is 5.56 Å². The highest BCUT2D eigenvalue weighted by atomic mass is 16.4. The van der Waals surface area contributed by atoms with Gasteiger partial charge in [0.1, 0.15) is 11.5 Å². The number of carboxylic acids is 1. The second kappa shape index (κ2) is 8.21. The lowest BCUT2D eigenvalue weighted by Crippen LogP contribution is -2.51. The molecule has 0 aliphatic rings. The van der Waals surface area contributed by atoms with Crippen LogP contribution in [0.2, 0.25) is 0 Å². The molecule has 130 valence electrons. The van der Waals surface area contributed by atoms with Crippen LogP contribution >= 0.6 is 0 Å². The summed E-state index contributed by atoms with van der Waals surface area (Å²) >= 11 is 0. The van der Waals surface area contributed by atoms with Crippen molar-refractivity contribution in [3.05, 3.63) is 35.9 Å². The van der Waals surface area contributed by atoms with Crippen LogP contribution in [0.4, 0.5) is 0 Å². The van der Waals surface area contributed by atoms with E-state index in [4.69, 9.17) is 5.11 Å². The third kappa shape index (κ3) is 4.88. The van der Waals surface area contributed by atoms with Crippen molar-refractivity contribution in [3.63, 3.8) is 0 Å². The Morgan fingerprint density at radius 1 is 1.12 bits per heavy atom. The van der Waals surface area contributed by atoms with Crippen molar-refractivity contribution in [3.8, 4) is 0 Å². The Morgan fingerprint density at radius 3 is 2.21 bits per heavy atom. The summed E-state index contributed by atoms with van der Waals surface area (Å²) in [5.41, 5.74) is -1.33. The molecule has 8 nitrogen and oxygen atoms in total. The number of carbonyl (C=O) groups excluding carboxylic acids is 3. The number of nitrogens with one attached hydrogen (secondary N) is 2. The topological polar surface area (TPSA) is 133 Å². The quantitative estimate of drug-likeness (QED) is 0.476. The van der Waals surface area contributed by atoms with Crippen molar-refractivity contribution in [1.82, 2.24) is 10.6 Å². The fourth-order valence-corrected chi connectivity index (χ4v) is 1.66. The van der Waals surface area contributed by atoms with Crippen molar-refractivity contribution < 1.29 is 29.4 Å². The lowest BCUT2D eigenvalue weighted by Gasteiger charge is -2.20. The maximum Gasteiger partial charge on any atom is 0.316 e. The SMILES string of the molecule is CC(C)(C(=O)O)C(=O)CNC(=O)C(CO)NC(=O)c1ccccc1. The maximum atomic E-state index is 12.0. The summed E-state index contributed by atoms with van der Waals surface area (Å²) in [5, 5.41) is 22.8. The van der Waals surface area contributed by atoms with Gasteiger partial charge >= 0.3 is 5.97 Å². The number of ketones is 1. The molecular formula is C16H20N2O6. The molecule has 8 heteroatoms. The van der Waals surface area contributed by atoms with E-state index in [1.807, 2.05) is 0 Å². The zero-order valence-corrected chi connectivity index (χ0v) is 13.4. The zero-order valence-electron chi connectivity index (χ0n) is 13.4. The number of aliphatic carboxylic acids is 1. The lowest BCUT2D eigenvalue weighted by atomic mass is 9.88. The van der Waals surface area contributed by atoms with Gasteiger partial charge in [-0.05, 0) is 26.0 Å². The number of hydrogen-bond donors (Lipinski definition) is 4. The molecule has 0 radical (unpaired) electrons. The number of rotatable bonds is 8. The Bertz CT molecular complexity index is 627. The molecular weight excluding hydrogens is 316 g/mol. The Balaban J connectivity index is 2.63. The number of Topliss-reactive ketones (excluding diaryl/α,β-unsaturated/α-hetero) is 1. The van der Waals surface area contributed by atoms with Crippen molar-refractivity contribution in [2.75, 3.05) is 13.2 Å². The van der Waals surface area contributed by atoms with E-state index in [1.165, 1.54) is 13.8 Å². The Morgan fingerprint density at radius 2 is 1.71 bits per heavy atom. The molecule has 24 heavy (non-hydrogen) atoms. The number of aliphatic hydroxyl groups excluding tert-OH is 1. The first-order chi connectivity index (χ1) is 11.2. The molecule has 4 N–H and O–H groups in total. The van der Waals surface area contributed by atoms with Crippen LogP contribution in [0.15, 0.2) is 30.3 Å². The van der Waals surface area contributed by atoms with E-state index in [0.717, 1.165) is 0 Å². The van der Waals surface area contributed by atoms with Crippen molar-refractivity contribution in [2.45, 2.75) is 19.9 Å². The van der Waals surface area contributed by atoms with Crippen LogP contribution in [-0.2, 0) is 14.4 Å². The minimum atomic E-state index is -1.64. The summed E-state index contributed by atoms with van der Waals surface area (Å²) in [7, 11) is 0. The first-order valence-corrected chi connectivity index (χ1v) is 7.21. The average Bonchev–Trinajstić information content (AvgIpc) is 2.57. The van der Waals surface area contributed by atoms with Crippen LogP contribution in [-0.4, -0.2) is 53.0 Å². The van der Waals surface area contributed by atoms with Crippen LogP contribution in [0, 0.1) is 5.41 Å². The fraction of sp³-hybridized carbons (Fsp3) is 0.375. The molecule has 0 spiro atoms. The highest BCUT2D eigenvalue weighted by Gasteiger charge is 2.35.